The van der Waals surface area contributed by atoms with E-state index in [-0.39, 0.29) is 6.79 Å². The molecule has 0 saturated heterocycles. The molecule has 0 saturated carbocycles. The van der Waals surface area contributed by atoms with E-state index in [0.717, 1.165) is 28.3 Å². The highest BCUT2D eigenvalue weighted by Gasteiger charge is 2.13. The fourth-order valence-electron chi connectivity index (χ4n) is 2.05. The molecule has 0 atom stereocenters. The van der Waals surface area contributed by atoms with E-state index < -0.39 is 0 Å². The number of anilines is 1. The van der Waals surface area contributed by atoms with Gasteiger partial charge in [-0.3, -0.25) is 0 Å². The molecule has 0 amide bonds. The molecule has 1 aromatic heterocycles. The van der Waals surface area contributed by atoms with Crippen molar-refractivity contribution >= 4 is 28.9 Å². The summed E-state index contributed by atoms with van der Waals surface area (Å²) < 4.78 is 10.6. The molecule has 2 aromatic rings. The summed E-state index contributed by atoms with van der Waals surface area (Å²) in [6.45, 7) is 2.82. The normalized spacial score (nSPS) is 12.6. The smallest absolute Gasteiger partial charge is 0.231 e. The Morgan fingerprint density at radius 1 is 1.20 bits per heavy atom. The summed E-state index contributed by atoms with van der Waals surface area (Å²) in [5.74, 6) is 1.54. The number of nitrogens with one attached hydrogen (secondary N) is 1. The Kier molecular flexibility index (Phi) is 3.59. The van der Waals surface area contributed by atoms with Gasteiger partial charge in [0.25, 0.3) is 0 Å². The van der Waals surface area contributed by atoms with Gasteiger partial charge in [-0.25, -0.2) is 4.98 Å². The average Bonchev–Trinajstić information content (AvgIpc) is 2.84. The first-order chi connectivity index (χ1) is 9.63. The van der Waals surface area contributed by atoms with Crippen LogP contribution >= 0.6 is 23.2 Å². The Morgan fingerprint density at radius 3 is 2.80 bits per heavy atom. The highest BCUT2D eigenvalue weighted by atomic mass is 35.5. The second-order valence-electron chi connectivity index (χ2n) is 4.47. The van der Waals surface area contributed by atoms with Crippen molar-refractivity contribution in [1.82, 2.24) is 4.98 Å². The molecule has 4 nitrogen and oxygen atoms in total. The van der Waals surface area contributed by atoms with Crippen LogP contribution in [-0.2, 0) is 6.54 Å². The van der Waals surface area contributed by atoms with Crippen LogP contribution in [0.3, 0.4) is 0 Å². The number of aryl methyl sites for hydroxylation is 1. The van der Waals surface area contributed by atoms with E-state index in [0.29, 0.717) is 16.9 Å². The molecular formula is C14H12Cl2N2O2. The molecule has 1 aliphatic heterocycles. The molecule has 0 aliphatic carbocycles. The van der Waals surface area contributed by atoms with Gasteiger partial charge in [-0.1, -0.05) is 29.3 Å². The molecule has 6 heteroatoms. The molecular weight excluding hydrogens is 299 g/mol. The van der Waals surface area contributed by atoms with E-state index in [2.05, 4.69) is 10.3 Å². The summed E-state index contributed by atoms with van der Waals surface area (Å²) in [6.07, 6.45) is 0. The van der Waals surface area contributed by atoms with Gasteiger partial charge in [0.15, 0.2) is 16.7 Å². The van der Waals surface area contributed by atoms with E-state index in [4.69, 9.17) is 32.7 Å². The van der Waals surface area contributed by atoms with Crippen LogP contribution in [0.25, 0.3) is 0 Å². The molecule has 1 N–H and O–H groups in total. The summed E-state index contributed by atoms with van der Waals surface area (Å²) in [5, 5.41) is 4.03. The lowest BCUT2D eigenvalue weighted by atomic mass is 10.2. The molecule has 1 aliphatic rings. The van der Waals surface area contributed by atoms with Gasteiger partial charge in [0.2, 0.25) is 6.79 Å². The van der Waals surface area contributed by atoms with Crippen molar-refractivity contribution in [2.45, 2.75) is 13.5 Å². The van der Waals surface area contributed by atoms with Gasteiger partial charge >= 0.3 is 0 Å². The van der Waals surface area contributed by atoms with Crippen molar-refractivity contribution in [3.8, 4) is 11.5 Å². The molecule has 0 unspecified atom stereocenters. The number of benzene rings is 1. The topological polar surface area (TPSA) is 43.4 Å². The third-order valence-electron chi connectivity index (χ3n) is 3.05. The monoisotopic (exact) mass is 310 g/mol. The Bertz CT molecular complexity index is 639. The zero-order chi connectivity index (χ0) is 14.1. The molecule has 0 bridgehead atoms. The fraction of sp³-hybridized carbons (Fsp3) is 0.214. The van der Waals surface area contributed by atoms with Gasteiger partial charge in [0.05, 0.1) is 5.69 Å². The largest absolute Gasteiger partial charge is 0.454 e. The van der Waals surface area contributed by atoms with Gasteiger partial charge in [-0.2, -0.15) is 0 Å². The molecule has 0 fully saturated rings. The molecule has 0 radical (unpaired) electrons. The van der Waals surface area contributed by atoms with E-state index >= 15 is 0 Å². The third-order valence-corrected chi connectivity index (χ3v) is 3.51. The maximum Gasteiger partial charge on any atom is 0.231 e. The first kappa shape index (κ1) is 13.3. The third kappa shape index (κ3) is 2.62. The molecule has 0 spiro atoms. The van der Waals surface area contributed by atoms with Gasteiger partial charge in [-0.15, -0.1) is 0 Å². The molecule has 3 rings (SSSR count). The van der Waals surface area contributed by atoms with Crippen LogP contribution in [-0.4, -0.2) is 11.8 Å². The Hall–Kier alpha value is -1.65. The van der Waals surface area contributed by atoms with Crippen LogP contribution in [0.15, 0.2) is 24.3 Å². The molecule has 104 valence electrons. The number of rotatable bonds is 3. The molecule has 1 aromatic carbocycles. The molecule has 2 heterocycles. The summed E-state index contributed by atoms with van der Waals surface area (Å²) in [7, 11) is 0. The lowest BCUT2D eigenvalue weighted by Crippen LogP contribution is -2.03. The number of ether oxygens (including phenoxy) is 2. The summed E-state index contributed by atoms with van der Waals surface area (Å²) in [6, 6.07) is 7.60. The van der Waals surface area contributed by atoms with Crippen molar-refractivity contribution in [2.24, 2.45) is 0 Å². The maximum absolute atomic E-state index is 6.09. The van der Waals surface area contributed by atoms with E-state index in [1.807, 2.05) is 25.1 Å². The van der Waals surface area contributed by atoms with Gasteiger partial charge in [0, 0.05) is 6.54 Å². The Labute approximate surface area is 126 Å². The van der Waals surface area contributed by atoms with Gasteiger partial charge < -0.3 is 14.8 Å². The Morgan fingerprint density at radius 2 is 2.00 bits per heavy atom. The van der Waals surface area contributed by atoms with Crippen LogP contribution in [0.2, 0.25) is 10.3 Å². The van der Waals surface area contributed by atoms with E-state index in [9.17, 15) is 0 Å². The first-order valence-electron chi connectivity index (χ1n) is 6.08. The SMILES string of the molecule is Cc1cc(Cl)nc(Cl)c1NCc1ccc2c(c1)OCO2. The summed E-state index contributed by atoms with van der Waals surface area (Å²) in [5.41, 5.74) is 2.81. The number of fused-ring (bicyclic) bond motifs is 1. The number of hydrogen-bond donors (Lipinski definition) is 1. The van der Waals surface area contributed by atoms with Crippen molar-refractivity contribution in [3.63, 3.8) is 0 Å². The standard InChI is InChI=1S/C14H12Cl2N2O2/c1-8-4-12(15)18-14(16)13(8)17-6-9-2-3-10-11(5-9)20-7-19-10/h2-5,17H,6-7H2,1H3. The summed E-state index contributed by atoms with van der Waals surface area (Å²) in [4.78, 5) is 4.03. The highest BCUT2D eigenvalue weighted by molar-refractivity contribution is 6.34. The minimum Gasteiger partial charge on any atom is -0.454 e. The predicted molar refractivity (Wildman–Crippen MR) is 78.9 cm³/mol. The number of aromatic nitrogens is 1. The minimum absolute atomic E-state index is 0.276. The van der Waals surface area contributed by atoms with Crippen LogP contribution in [0.1, 0.15) is 11.1 Å². The van der Waals surface area contributed by atoms with Crippen LogP contribution in [0, 0.1) is 6.92 Å². The van der Waals surface area contributed by atoms with Gasteiger partial charge in [-0.05, 0) is 36.2 Å². The Balaban J connectivity index is 1.77. The average molecular weight is 311 g/mol. The van der Waals surface area contributed by atoms with Crippen molar-refractivity contribution in [3.05, 3.63) is 45.7 Å². The first-order valence-corrected chi connectivity index (χ1v) is 6.84. The maximum atomic E-state index is 6.09. The van der Waals surface area contributed by atoms with E-state index in [1.54, 1.807) is 6.07 Å². The van der Waals surface area contributed by atoms with Gasteiger partial charge in [0.1, 0.15) is 5.15 Å². The number of hydrogen-bond acceptors (Lipinski definition) is 4. The molecule has 20 heavy (non-hydrogen) atoms. The quantitative estimate of drug-likeness (QED) is 0.869. The lowest BCUT2D eigenvalue weighted by Gasteiger charge is -2.11. The van der Waals surface area contributed by atoms with Crippen LogP contribution < -0.4 is 14.8 Å². The minimum atomic E-state index is 0.276. The van der Waals surface area contributed by atoms with Crippen LogP contribution in [0.4, 0.5) is 5.69 Å². The van der Waals surface area contributed by atoms with Crippen molar-refractivity contribution < 1.29 is 9.47 Å². The van der Waals surface area contributed by atoms with Crippen molar-refractivity contribution in [2.75, 3.05) is 12.1 Å². The van der Waals surface area contributed by atoms with Crippen molar-refractivity contribution in [1.29, 1.82) is 0 Å². The predicted octanol–water partition coefficient (Wildman–Crippen LogP) is 4.04. The summed E-state index contributed by atoms with van der Waals surface area (Å²) >= 11 is 11.9. The zero-order valence-corrected chi connectivity index (χ0v) is 12.3. The lowest BCUT2D eigenvalue weighted by molar-refractivity contribution is 0.174. The number of nitrogens with zero attached hydrogens (tertiary/aromatic N) is 1. The van der Waals surface area contributed by atoms with E-state index in [1.165, 1.54) is 0 Å². The second-order valence-corrected chi connectivity index (χ2v) is 5.21. The van der Waals surface area contributed by atoms with Crippen LogP contribution in [0.5, 0.6) is 11.5 Å². The highest BCUT2D eigenvalue weighted by Crippen LogP contribution is 2.33. The second kappa shape index (κ2) is 5.38. The number of pyridine rings is 1. The number of halogens is 2. The zero-order valence-electron chi connectivity index (χ0n) is 10.7. The fourth-order valence-corrected chi connectivity index (χ4v) is 2.65.